The van der Waals surface area contributed by atoms with Crippen molar-refractivity contribution in [1.82, 2.24) is 14.8 Å². The third kappa shape index (κ3) is 5.67. The maximum Gasteiger partial charge on any atom is 0.387 e. The number of carbonyl (C=O) groups is 1. The van der Waals surface area contributed by atoms with E-state index in [9.17, 15) is 13.6 Å². The van der Waals surface area contributed by atoms with E-state index in [0.717, 1.165) is 32.4 Å². The zero-order valence-corrected chi connectivity index (χ0v) is 19.6. The molecule has 1 aromatic carbocycles. The van der Waals surface area contributed by atoms with Gasteiger partial charge >= 0.3 is 6.61 Å². The van der Waals surface area contributed by atoms with Crippen LogP contribution in [0.1, 0.15) is 49.4 Å². The van der Waals surface area contributed by atoms with Crippen molar-refractivity contribution in [3.63, 3.8) is 0 Å². The Balaban J connectivity index is 1.55. The summed E-state index contributed by atoms with van der Waals surface area (Å²) in [6.45, 7) is 4.73. The lowest BCUT2D eigenvalue weighted by Crippen LogP contribution is -2.53. The topological polar surface area (TPSA) is 94.1 Å². The van der Waals surface area contributed by atoms with Gasteiger partial charge in [-0.15, -0.1) is 0 Å². The number of ether oxygens (including phenoxy) is 2. The summed E-state index contributed by atoms with van der Waals surface area (Å²) >= 11 is 0. The van der Waals surface area contributed by atoms with E-state index in [-0.39, 0.29) is 47.3 Å². The highest BCUT2D eigenvalue weighted by Gasteiger charge is 2.31. The summed E-state index contributed by atoms with van der Waals surface area (Å²) in [6.07, 6.45) is 3.18. The first kappa shape index (κ1) is 24.4. The molecule has 0 radical (unpaired) electrons. The Morgan fingerprint density at radius 2 is 2.09 bits per heavy atom. The van der Waals surface area contributed by atoms with Crippen molar-refractivity contribution in [2.75, 3.05) is 32.8 Å². The molecule has 0 unspecified atom stereocenters. The Kier molecular flexibility index (Phi) is 7.67. The molecule has 1 aliphatic carbocycles. The quantitative estimate of drug-likeness (QED) is 0.556. The number of rotatable bonds is 10. The predicted octanol–water partition coefficient (Wildman–Crippen LogP) is 3.75. The van der Waals surface area contributed by atoms with Gasteiger partial charge in [-0.2, -0.15) is 8.78 Å². The highest BCUT2D eigenvalue weighted by molar-refractivity contribution is 5.94. The van der Waals surface area contributed by atoms with E-state index in [1.54, 1.807) is 17.0 Å². The Bertz CT molecular complexity index is 995. The first-order valence-electron chi connectivity index (χ1n) is 11.8. The van der Waals surface area contributed by atoms with Crippen LogP contribution in [0.3, 0.4) is 0 Å². The second-order valence-corrected chi connectivity index (χ2v) is 8.93. The molecule has 186 valence electrons. The Morgan fingerprint density at radius 1 is 1.29 bits per heavy atom. The molecular weight excluding hydrogens is 446 g/mol. The molecule has 2 aromatic rings. The molecule has 2 heterocycles. The van der Waals surface area contributed by atoms with E-state index >= 15 is 0 Å². The maximum atomic E-state index is 13.3. The number of carbonyl (C=O) groups excluding carboxylic acids is 1. The van der Waals surface area contributed by atoms with Crippen LogP contribution in [0.2, 0.25) is 0 Å². The molecule has 0 spiro atoms. The fourth-order valence-electron chi connectivity index (χ4n) is 4.17. The number of nitrogens with zero attached hydrogens (tertiary/aromatic N) is 3. The van der Waals surface area contributed by atoms with Crippen molar-refractivity contribution in [2.45, 2.75) is 52.3 Å². The molecule has 34 heavy (non-hydrogen) atoms. The average Bonchev–Trinajstić information content (AvgIpc) is 3.55. The van der Waals surface area contributed by atoms with Crippen LogP contribution in [0.25, 0.3) is 11.5 Å². The molecule has 1 atom stereocenters. The van der Waals surface area contributed by atoms with Gasteiger partial charge in [-0.25, -0.2) is 4.98 Å². The minimum atomic E-state index is -2.97. The largest absolute Gasteiger partial charge is 0.489 e. The van der Waals surface area contributed by atoms with Crippen molar-refractivity contribution in [3.8, 4) is 23.0 Å². The number of alkyl halides is 2. The molecule has 1 amide bonds. The van der Waals surface area contributed by atoms with Crippen LogP contribution in [0, 0.1) is 5.92 Å². The molecule has 2 N–H and O–H groups in total. The van der Waals surface area contributed by atoms with E-state index in [1.807, 2.05) is 0 Å². The lowest BCUT2D eigenvalue weighted by molar-refractivity contribution is -0.0515. The van der Waals surface area contributed by atoms with E-state index in [2.05, 4.69) is 28.5 Å². The smallest absolute Gasteiger partial charge is 0.387 e. The fraction of sp³-hybridized carbons (Fsp3) is 0.583. The van der Waals surface area contributed by atoms with Gasteiger partial charge < -0.3 is 24.5 Å². The molecule has 1 saturated carbocycles. The van der Waals surface area contributed by atoms with E-state index in [1.165, 1.54) is 6.07 Å². The van der Waals surface area contributed by atoms with Crippen LogP contribution in [-0.4, -0.2) is 66.1 Å². The SMILES string of the molecule is CCCN1CCN(C(=O)c2nc(-c3ccc(OC(F)F)c(OCC4CC4)c3)oc2CN)C[C@H]1C. The Morgan fingerprint density at radius 3 is 2.74 bits per heavy atom. The van der Waals surface area contributed by atoms with Gasteiger partial charge in [0.15, 0.2) is 23.0 Å². The zero-order valence-electron chi connectivity index (χ0n) is 19.6. The minimum absolute atomic E-state index is 0.0110. The number of amides is 1. The Hall–Kier alpha value is -2.72. The van der Waals surface area contributed by atoms with Crippen LogP contribution < -0.4 is 15.2 Å². The lowest BCUT2D eigenvalue weighted by atomic mass is 10.1. The van der Waals surface area contributed by atoms with Gasteiger partial charge in [0.05, 0.1) is 13.2 Å². The number of hydrogen-bond donors (Lipinski definition) is 1. The minimum Gasteiger partial charge on any atom is -0.489 e. The summed E-state index contributed by atoms with van der Waals surface area (Å²) in [5.74, 6) is 0.809. The van der Waals surface area contributed by atoms with Gasteiger partial charge in [0, 0.05) is 31.2 Å². The normalized spacial score (nSPS) is 19.0. The van der Waals surface area contributed by atoms with Gasteiger partial charge in [-0.05, 0) is 56.8 Å². The third-order valence-electron chi connectivity index (χ3n) is 6.23. The van der Waals surface area contributed by atoms with E-state index in [0.29, 0.717) is 31.2 Å². The monoisotopic (exact) mass is 478 g/mol. The van der Waals surface area contributed by atoms with Gasteiger partial charge in [0.2, 0.25) is 5.89 Å². The molecule has 0 bridgehead atoms. The van der Waals surface area contributed by atoms with Crippen molar-refractivity contribution < 1.29 is 27.5 Å². The molecule has 2 aliphatic rings. The summed E-state index contributed by atoms with van der Waals surface area (Å²) in [4.78, 5) is 21.9. The number of halogens is 2. The predicted molar refractivity (Wildman–Crippen MR) is 122 cm³/mol. The second-order valence-electron chi connectivity index (χ2n) is 8.93. The molecule has 1 saturated heterocycles. The van der Waals surface area contributed by atoms with Crippen LogP contribution in [0.15, 0.2) is 22.6 Å². The standard InChI is InChI=1S/C24H32F2N4O4/c1-3-8-29-9-10-30(13-15(29)2)23(31)21-20(12-27)33-22(28-21)17-6-7-18(34-24(25)26)19(11-17)32-14-16-4-5-16/h6-7,11,15-16,24H,3-5,8-10,12-14,27H2,1-2H3/t15-/m1/s1. The average molecular weight is 479 g/mol. The fourth-order valence-corrected chi connectivity index (χ4v) is 4.17. The highest BCUT2D eigenvalue weighted by Crippen LogP contribution is 2.36. The number of benzene rings is 1. The number of hydrogen-bond acceptors (Lipinski definition) is 7. The Labute approximate surface area is 198 Å². The molecule has 1 aromatic heterocycles. The van der Waals surface area contributed by atoms with Gasteiger partial charge in [0.25, 0.3) is 5.91 Å². The summed E-state index contributed by atoms with van der Waals surface area (Å²) in [6, 6.07) is 4.74. The number of aromatic nitrogens is 1. The summed E-state index contributed by atoms with van der Waals surface area (Å²) in [5, 5.41) is 0. The van der Waals surface area contributed by atoms with Crippen molar-refractivity contribution in [1.29, 1.82) is 0 Å². The number of piperazine rings is 1. The van der Waals surface area contributed by atoms with Crippen LogP contribution in [0.5, 0.6) is 11.5 Å². The molecule has 10 heteroatoms. The van der Waals surface area contributed by atoms with Crippen LogP contribution in [0.4, 0.5) is 8.78 Å². The maximum absolute atomic E-state index is 13.3. The summed E-state index contributed by atoms with van der Waals surface area (Å²) in [5.41, 5.74) is 6.52. The zero-order chi connectivity index (χ0) is 24.2. The van der Waals surface area contributed by atoms with Crippen molar-refractivity contribution >= 4 is 5.91 Å². The highest BCUT2D eigenvalue weighted by atomic mass is 19.3. The molecule has 8 nitrogen and oxygen atoms in total. The first-order valence-corrected chi connectivity index (χ1v) is 11.8. The summed E-state index contributed by atoms with van der Waals surface area (Å²) < 4.78 is 41.8. The summed E-state index contributed by atoms with van der Waals surface area (Å²) in [7, 11) is 0. The number of oxazole rings is 1. The third-order valence-corrected chi connectivity index (χ3v) is 6.23. The van der Waals surface area contributed by atoms with E-state index in [4.69, 9.17) is 14.9 Å². The van der Waals surface area contributed by atoms with Crippen LogP contribution in [-0.2, 0) is 6.54 Å². The number of nitrogens with two attached hydrogens (primary N) is 1. The van der Waals surface area contributed by atoms with Crippen molar-refractivity contribution in [2.24, 2.45) is 11.7 Å². The van der Waals surface area contributed by atoms with Crippen LogP contribution >= 0.6 is 0 Å². The van der Waals surface area contributed by atoms with E-state index < -0.39 is 6.61 Å². The molecule has 4 rings (SSSR count). The van der Waals surface area contributed by atoms with Crippen molar-refractivity contribution in [3.05, 3.63) is 29.7 Å². The van der Waals surface area contributed by atoms with Gasteiger partial charge in [-0.1, -0.05) is 6.92 Å². The second kappa shape index (κ2) is 10.7. The lowest BCUT2D eigenvalue weighted by Gasteiger charge is -2.39. The molecular formula is C24H32F2N4O4. The molecule has 1 aliphatic heterocycles. The van der Waals surface area contributed by atoms with Gasteiger partial charge in [-0.3, -0.25) is 9.69 Å². The molecule has 2 fully saturated rings. The first-order chi connectivity index (χ1) is 16.4. The van der Waals surface area contributed by atoms with Gasteiger partial charge in [0.1, 0.15) is 0 Å².